The molecule has 1 amide bonds. The summed E-state index contributed by atoms with van der Waals surface area (Å²) in [5, 5.41) is 11.4. The Hall–Kier alpha value is -1.56. The van der Waals surface area contributed by atoms with E-state index in [0.717, 1.165) is 10.2 Å². The van der Waals surface area contributed by atoms with E-state index in [1.807, 2.05) is 12.1 Å². The van der Waals surface area contributed by atoms with Crippen LogP contribution in [0, 0.1) is 0 Å². The van der Waals surface area contributed by atoms with E-state index in [-0.39, 0.29) is 18.9 Å². The predicted molar refractivity (Wildman–Crippen MR) is 67.2 cm³/mol. The van der Waals surface area contributed by atoms with Crippen LogP contribution in [0.1, 0.15) is 6.42 Å². The first-order valence-electron chi connectivity index (χ1n) is 5.12. The fourth-order valence-electron chi connectivity index (χ4n) is 1.76. The third kappa shape index (κ3) is 2.76. The molecule has 0 aromatic heterocycles. The lowest BCUT2D eigenvalue weighted by Gasteiger charge is -2.30. The maximum atomic E-state index is 11.5. The highest BCUT2D eigenvalue weighted by Gasteiger charge is 2.22. The van der Waals surface area contributed by atoms with Gasteiger partial charge in [0.1, 0.15) is 0 Å². The lowest BCUT2D eigenvalue weighted by Crippen LogP contribution is -2.39. The predicted octanol–water partition coefficient (Wildman–Crippen LogP) is 1.68. The number of nitrogens with one attached hydrogen (secondary N) is 1. The summed E-state index contributed by atoms with van der Waals surface area (Å²) in [7, 11) is 0. The standard InChI is InChI=1S/C11H11BrN2O3/c12-7-1-2-9-8(5-7)13-10(15)6-14(9)4-3-11(16)17/h1-2,5H,3-4,6H2,(H,13,15)(H,16,17). The van der Waals surface area contributed by atoms with Gasteiger partial charge in [-0.15, -0.1) is 0 Å². The van der Waals surface area contributed by atoms with E-state index in [1.54, 1.807) is 11.0 Å². The van der Waals surface area contributed by atoms with Crippen LogP contribution in [-0.4, -0.2) is 30.1 Å². The number of carbonyl (C=O) groups is 2. The third-order valence-corrected chi connectivity index (χ3v) is 3.00. The zero-order valence-corrected chi connectivity index (χ0v) is 10.5. The minimum Gasteiger partial charge on any atom is -0.481 e. The van der Waals surface area contributed by atoms with Gasteiger partial charge in [0.15, 0.2) is 0 Å². The summed E-state index contributed by atoms with van der Waals surface area (Å²) in [6.07, 6.45) is 0.0167. The molecule has 0 fully saturated rings. The molecular weight excluding hydrogens is 288 g/mol. The van der Waals surface area contributed by atoms with Crippen molar-refractivity contribution < 1.29 is 14.7 Å². The Balaban J connectivity index is 2.24. The molecule has 0 saturated carbocycles. The number of anilines is 2. The highest BCUT2D eigenvalue weighted by atomic mass is 79.9. The fourth-order valence-corrected chi connectivity index (χ4v) is 2.12. The Bertz CT molecular complexity index is 476. The molecule has 2 N–H and O–H groups in total. The maximum Gasteiger partial charge on any atom is 0.305 e. The number of carbonyl (C=O) groups excluding carboxylic acids is 1. The summed E-state index contributed by atoms with van der Waals surface area (Å²) in [5.41, 5.74) is 1.56. The van der Waals surface area contributed by atoms with E-state index < -0.39 is 5.97 Å². The third-order valence-electron chi connectivity index (χ3n) is 2.50. The molecule has 1 aromatic carbocycles. The van der Waals surface area contributed by atoms with Gasteiger partial charge in [0.05, 0.1) is 24.3 Å². The van der Waals surface area contributed by atoms with E-state index in [0.29, 0.717) is 12.2 Å². The number of carboxylic acids is 1. The van der Waals surface area contributed by atoms with Gasteiger partial charge in [-0.3, -0.25) is 9.59 Å². The van der Waals surface area contributed by atoms with Crippen molar-refractivity contribution in [2.45, 2.75) is 6.42 Å². The van der Waals surface area contributed by atoms with Crippen LogP contribution in [0.5, 0.6) is 0 Å². The number of halogens is 1. The highest BCUT2D eigenvalue weighted by molar-refractivity contribution is 9.10. The number of benzene rings is 1. The summed E-state index contributed by atoms with van der Waals surface area (Å²) in [5.74, 6) is -0.990. The molecule has 17 heavy (non-hydrogen) atoms. The molecule has 0 unspecified atom stereocenters. The highest BCUT2D eigenvalue weighted by Crippen LogP contribution is 2.31. The lowest BCUT2D eigenvalue weighted by atomic mass is 10.2. The van der Waals surface area contributed by atoms with E-state index in [9.17, 15) is 9.59 Å². The van der Waals surface area contributed by atoms with E-state index in [1.165, 1.54) is 0 Å². The average molecular weight is 299 g/mol. The molecule has 1 aliphatic rings. The zero-order valence-electron chi connectivity index (χ0n) is 8.94. The molecule has 6 heteroatoms. The van der Waals surface area contributed by atoms with Crippen molar-refractivity contribution >= 4 is 39.2 Å². The zero-order chi connectivity index (χ0) is 12.4. The number of fused-ring (bicyclic) bond motifs is 1. The summed E-state index contributed by atoms with van der Waals surface area (Å²) in [4.78, 5) is 23.8. The number of carboxylic acid groups (broad SMARTS) is 1. The second kappa shape index (κ2) is 4.75. The minimum absolute atomic E-state index is 0.0167. The van der Waals surface area contributed by atoms with Gasteiger partial charge in [-0.1, -0.05) is 15.9 Å². The Morgan fingerprint density at radius 1 is 1.53 bits per heavy atom. The Morgan fingerprint density at radius 3 is 3.00 bits per heavy atom. The van der Waals surface area contributed by atoms with Crippen LogP contribution < -0.4 is 10.2 Å². The molecule has 0 aliphatic carbocycles. The number of amides is 1. The summed E-state index contributed by atoms with van der Waals surface area (Å²) in [6.45, 7) is 0.527. The van der Waals surface area contributed by atoms with Crippen LogP contribution >= 0.6 is 15.9 Å². The smallest absolute Gasteiger partial charge is 0.305 e. The van der Waals surface area contributed by atoms with Gasteiger partial charge in [0, 0.05) is 11.0 Å². The number of aliphatic carboxylic acids is 1. The van der Waals surface area contributed by atoms with Crippen molar-refractivity contribution in [3.05, 3.63) is 22.7 Å². The van der Waals surface area contributed by atoms with Crippen LogP contribution in [0.15, 0.2) is 22.7 Å². The Kier molecular flexibility index (Phi) is 3.33. The summed E-state index contributed by atoms with van der Waals surface area (Å²) >= 11 is 3.33. The van der Waals surface area contributed by atoms with E-state index in [2.05, 4.69) is 21.2 Å². The van der Waals surface area contributed by atoms with Gasteiger partial charge in [0.2, 0.25) is 5.91 Å². The van der Waals surface area contributed by atoms with Crippen molar-refractivity contribution in [3.63, 3.8) is 0 Å². The topological polar surface area (TPSA) is 69.6 Å². The fraction of sp³-hybridized carbons (Fsp3) is 0.273. The molecule has 0 saturated heterocycles. The normalized spacial score (nSPS) is 14.2. The van der Waals surface area contributed by atoms with Crippen molar-refractivity contribution in [1.29, 1.82) is 0 Å². The van der Waals surface area contributed by atoms with Crippen LogP contribution in [0.3, 0.4) is 0 Å². The van der Waals surface area contributed by atoms with Gasteiger partial charge in [-0.05, 0) is 18.2 Å². The van der Waals surface area contributed by atoms with Gasteiger partial charge < -0.3 is 15.3 Å². The lowest BCUT2D eigenvalue weighted by molar-refractivity contribution is -0.136. The van der Waals surface area contributed by atoms with Crippen LogP contribution in [0.25, 0.3) is 0 Å². The first kappa shape index (κ1) is 11.9. The van der Waals surface area contributed by atoms with Crippen LogP contribution in [0.2, 0.25) is 0 Å². The van der Waals surface area contributed by atoms with Crippen molar-refractivity contribution in [2.24, 2.45) is 0 Å². The number of hydrogen-bond donors (Lipinski definition) is 2. The first-order valence-corrected chi connectivity index (χ1v) is 5.92. The number of rotatable bonds is 3. The molecule has 5 nitrogen and oxygen atoms in total. The van der Waals surface area contributed by atoms with Gasteiger partial charge in [0.25, 0.3) is 0 Å². The molecule has 1 aromatic rings. The first-order chi connectivity index (χ1) is 8.06. The molecule has 0 radical (unpaired) electrons. The monoisotopic (exact) mass is 298 g/mol. The molecule has 90 valence electrons. The summed E-state index contributed by atoms with van der Waals surface area (Å²) in [6, 6.07) is 5.53. The van der Waals surface area contributed by atoms with Crippen molar-refractivity contribution in [1.82, 2.24) is 0 Å². The van der Waals surface area contributed by atoms with Gasteiger partial charge >= 0.3 is 5.97 Å². The SMILES string of the molecule is O=C(O)CCN1CC(=O)Nc2cc(Br)ccc21. The molecule has 0 atom stereocenters. The summed E-state index contributed by atoms with van der Waals surface area (Å²) < 4.78 is 0.872. The van der Waals surface area contributed by atoms with E-state index >= 15 is 0 Å². The quantitative estimate of drug-likeness (QED) is 0.891. The molecule has 0 bridgehead atoms. The van der Waals surface area contributed by atoms with Gasteiger partial charge in [-0.2, -0.15) is 0 Å². The molecule has 1 aliphatic heterocycles. The van der Waals surface area contributed by atoms with Crippen molar-refractivity contribution in [2.75, 3.05) is 23.3 Å². The minimum atomic E-state index is -0.866. The second-order valence-electron chi connectivity index (χ2n) is 3.77. The Labute approximate surface area is 107 Å². The molecular formula is C11H11BrN2O3. The van der Waals surface area contributed by atoms with Crippen molar-refractivity contribution in [3.8, 4) is 0 Å². The second-order valence-corrected chi connectivity index (χ2v) is 4.69. The van der Waals surface area contributed by atoms with Gasteiger partial charge in [-0.25, -0.2) is 0 Å². The van der Waals surface area contributed by atoms with Crippen LogP contribution in [0.4, 0.5) is 11.4 Å². The largest absolute Gasteiger partial charge is 0.481 e. The maximum absolute atomic E-state index is 11.5. The molecule has 0 spiro atoms. The van der Waals surface area contributed by atoms with E-state index in [4.69, 9.17) is 5.11 Å². The average Bonchev–Trinajstić information content (AvgIpc) is 2.24. The number of hydrogen-bond acceptors (Lipinski definition) is 3. The molecule has 1 heterocycles. The number of nitrogens with zero attached hydrogens (tertiary/aromatic N) is 1. The molecule has 2 rings (SSSR count). The Morgan fingerprint density at radius 2 is 2.29 bits per heavy atom. The van der Waals surface area contributed by atoms with Crippen LogP contribution in [-0.2, 0) is 9.59 Å².